The second-order valence-electron chi connectivity index (χ2n) is 6.12. The first-order valence-corrected chi connectivity index (χ1v) is 9.63. The number of ketones is 1. The number of rotatable bonds is 8. The Balaban J connectivity index is 1.54. The second kappa shape index (κ2) is 9.29. The Kier molecular flexibility index (Phi) is 6.56. The fourth-order valence-electron chi connectivity index (χ4n) is 2.73. The van der Waals surface area contributed by atoms with Gasteiger partial charge in [0.2, 0.25) is 5.91 Å². The van der Waals surface area contributed by atoms with Gasteiger partial charge in [0.15, 0.2) is 17.3 Å². The molecule has 0 saturated heterocycles. The summed E-state index contributed by atoms with van der Waals surface area (Å²) < 4.78 is 24.4. The minimum absolute atomic E-state index is 0.000113. The third-order valence-corrected chi connectivity index (χ3v) is 5.21. The van der Waals surface area contributed by atoms with Gasteiger partial charge >= 0.3 is 0 Å². The van der Waals surface area contributed by atoms with Gasteiger partial charge in [-0.25, -0.2) is 9.82 Å². The van der Waals surface area contributed by atoms with E-state index in [0.29, 0.717) is 17.1 Å². The molecule has 0 atom stereocenters. The van der Waals surface area contributed by atoms with Gasteiger partial charge < -0.3 is 9.47 Å². The molecule has 0 aliphatic heterocycles. The van der Waals surface area contributed by atoms with Crippen molar-refractivity contribution in [3.63, 3.8) is 0 Å². The van der Waals surface area contributed by atoms with Crippen molar-refractivity contribution < 1.29 is 23.5 Å². The van der Waals surface area contributed by atoms with Crippen LogP contribution in [-0.2, 0) is 4.79 Å². The summed E-state index contributed by atoms with van der Waals surface area (Å²) in [6.07, 6.45) is 1.54. The molecule has 3 rings (SSSR count). The van der Waals surface area contributed by atoms with Gasteiger partial charge in [-0.1, -0.05) is 0 Å². The zero-order chi connectivity index (χ0) is 20.8. The summed E-state index contributed by atoms with van der Waals surface area (Å²) in [4.78, 5) is 24.3. The number of carbonyl (C=O) groups is 2. The summed E-state index contributed by atoms with van der Waals surface area (Å²) in [7, 11) is 3.01. The number of benzene rings is 2. The molecule has 0 bridgehead atoms. The third-order valence-electron chi connectivity index (χ3n) is 4.25. The quantitative estimate of drug-likeness (QED) is 0.341. The molecular formula is C21H19FN2O4S. The summed E-state index contributed by atoms with van der Waals surface area (Å²) in [5, 5.41) is 6.62. The lowest BCUT2D eigenvalue weighted by Gasteiger charge is -2.08. The molecule has 0 fully saturated rings. The Morgan fingerprint density at radius 3 is 2.66 bits per heavy atom. The van der Waals surface area contributed by atoms with Crippen LogP contribution in [0.25, 0.3) is 10.1 Å². The number of nitrogens with one attached hydrogen (secondary N) is 1. The van der Waals surface area contributed by atoms with Crippen molar-refractivity contribution in [3.05, 3.63) is 58.7 Å². The van der Waals surface area contributed by atoms with E-state index in [1.54, 1.807) is 24.3 Å². The minimum atomic E-state index is -0.374. The van der Waals surface area contributed by atoms with E-state index in [2.05, 4.69) is 10.5 Å². The van der Waals surface area contributed by atoms with E-state index < -0.39 is 0 Å². The van der Waals surface area contributed by atoms with Crippen LogP contribution in [0.2, 0.25) is 0 Å². The maximum Gasteiger partial charge on any atom is 0.240 e. The average Bonchev–Trinajstić information content (AvgIpc) is 3.13. The van der Waals surface area contributed by atoms with E-state index in [-0.39, 0.29) is 30.3 Å². The normalized spacial score (nSPS) is 11.0. The SMILES string of the molecule is COc1ccc(C(=O)CCC(=O)N/N=C/c2csc3cc(F)ccc23)cc1OC. The molecule has 0 spiro atoms. The van der Waals surface area contributed by atoms with E-state index in [1.165, 1.54) is 43.9 Å². The molecule has 150 valence electrons. The molecular weight excluding hydrogens is 395 g/mol. The van der Waals surface area contributed by atoms with Crippen molar-refractivity contribution in [2.75, 3.05) is 14.2 Å². The van der Waals surface area contributed by atoms with Gasteiger partial charge in [0.25, 0.3) is 0 Å². The molecule has 6 nitrogen and oxygen atoms in total. The number of ether oxygens (including phenoxy) is 2. The molecule has 0 saturated carbocycles. The van der Waals surface area contributed by atoms with Crippen molar-refractivity contribution in [1.82, 2.24) is 5.43 Å². The summed E-state index contributed by atoms with van der Waals surface area (Å²) in [5.41, 5.74) is 3.63. The first-order valence-electron chi connectivity index (χ1n) is 8.75. The number of thiophene rings is 1. The van der Waals surface area contributed by atoms with Gasteiger partial charge in [0, 0.05) is 39.4 Å². The zero-order valence-electron chi connectivity index (χ0n) is 15.9. The number of hydrogen-bond acceptors (Lipinski definition) is 6. The summed E-state index contributed by atoms with van der Waals surface area (Å²) in [6.45, 7) is 0. The van der Waals surface area contributed by atoms with Crippen LogP contribution in [0.15, 0.2) is 46.9 Å². The predicted octanol–water partition coefficient (Wildman–Crippen LogP) is 4.17. The van der Waals surface area contributed by atoms with E-state index in [0.717, 1.165) is 15.6 Å². The summed E-state index contributed by atoms with van der Waals surface area (Å²) in [6, 6.07) is 9.37. The lowest BCUT2D eigenvalue weighted by atomic mass is 10.1. The minimum Gasteiger partial charge on any atom is -0.493 e. The highest BCUT2D eigenvalue weighted by molar-refractivity contribution is 7.17. The Bertz CT molecular complexity index is 1080. The number of halogens is 1. The van der Waals surface area contributed by atoms with Crippen molar-refractivity contribution in [2.45, 2.75) is 12.8 Å². The van der Waals surface area contributed by atoms with Crippen LogP contribution < -0.4 is 14.9 Å². The van der Waals surface area contributed by atoms with E-state index in [1.807, 2.05) is 5.38 Å². The molecule has 3 aromatic rings. The fourth-order valence-corrected chi connectivity index (χ4v) is 3.67. The topological polar surface area (TPSA) is 77.0 Å². The van der Waals surface area contributed by atoms with Crippen molar-refractivity contribution in [1.29, 1.82) is 0 Å². The van der Waals surface area contributed by atoms with Crippen molar-refractivity contribution in [3.8, 4) is 11.5 Å². The first-order chi connectivity index (χ1) is 14.0. The van der Waals surface area contributed by atoms with E-state index in [4.69, 9.17) is 9.47 Å². The number of amides is 1. The van der Waals surface area contributed by atoms with Crippen LogP contribution in [0.1, 0.15) is 28.8 Å². The van der Waals surface area contributed by atoms with Gasteiger partial charge in [-0.15, -0.1) is 11.3 Å². The Labute approximate surface area is 170 Å². The average molecular weight is 414 g/mol. The zero-order valence-corrected chi connectivity index (χ0v) is 16.7. The molecule has 29 heavy (non-hydrogen) atoms. The van der Waals surface area contributed by atoms with Crippen LogP contribution in [-0.4, -0.2) is 32.1 Å². The number of carbonyl (C=O) groups excluding carboxylic acids is 2. The van der Waals surface area contributed by atoms with Gasteiger partial charge in [-0.3, -0.25) is 9.59 Å². The molecule has 8 heteroatoms. The Hall–Kier alpha value is -3.26. The smallest absolute Gasteiger partial charge is 0.240 e. The lowest BCUT2D eigenvalue weighted by molar-refractivity contribution is -0.121. The highest BCUT2D eigenvalue weighted by Crippen LogP contribution is 2.28. The van der Waals surface area contributed by atoms with Crippen molar-refractivity contribution >= 4 is 39.3 Å². The molecule has 0 aliphatic carbocycles. The first kappa shape index (κ1) is 20.5. The molecule has 0 unspecified atom stereocenters. The second-order valence-corrected chi connectivity index (χ2v) is 7.03. The Morgan fingerprint density at radius 2 is 1.90 bits per heavy atom. The van der Waals surface area contributed by atoms with Crippen LogP contribution >= 0.6 is 11.3 Å². The van der Waals surface area contributed by atoms with Crippen LogP contribution in [0, 0.1) is 5.82 Å². The molecule has 1 amide bonds. The van der Waals surface area contributed by atoms with Gasteiger partial charge in [-0.05, 0) is 36.4 Å². The maximum atomic E-state index is 13.2. The molecule has 1 heterocycles. The Morgan fingerprint density at radius 1 is 1.10 bits per heavy atom. The molecule has 0 aliphatic rings. The molecule has 0 radical (unpaired) electrons. The number of hydrogen-bond donors (Lipinski definition) is 1. The highest BCUT2D eigenvalue weighted by atomic mass is 32.1. The van der Waals surface area contributed by atoms with Crippen LogP contribution in [0.5, 0.6) is 11.5 Å². The standard InChI is InChI=1S/C21H19FN2O4S/c1-27-18-7-3-13(9-19(18)28-2)17(25)6-8-21(26)24-23-11-14-12-29-20-10-15(22)4-5-16(14)20/h3-5,7,9-12H,6,8H2,1-2H3,(H,24,26)/b23-11+. The molecule has 1 N–H and O–H groups in total. The number of fused-ring (bicyclic) bond motifs is 1. The highest BCUT2D eigenvalue weighted by Gasteiger charge is 2.12. The van der Waals surface area contributed by atoms with Gasteiger partial charge in [0.1, 0.15) is 5.82 Å². The maximum absolute atomic E-state index is 13.2. The molecule has 2 aromatic carbocycles. The van der Waals surface area contributed by atoms with Gasteiger partial charge in [-0.2, -0.15) is 5.10 Å². The fraction of sp³-hybridized carbons (Fsp3) is 0.190. The lowest BCUT2D eigenvalue weighted by Crippen LogP contribution is -2.18. The molecule has 1 aromatic heterocycles. The number of methoxy groups -OCH3 is 2. The summed E-state index contributed by atoms with van der Waals surface area (Å²) >= 11 is 1.40. The van der Waals surface area contributed by atoms with Gasteiger partial charge in [0.05, 0.1) is 20.4 Å². The van der Waals surface area contributed by atoms with E-state index in [9.17, 15) is 14.0 Å². The van der Waals surface area contributed by atoms with Crippen molar-refractivity contribution in [2.24, 2.45) is 5.10 Å². The number of nitrogens with zero attached hydrogens (tertiary/aromatic N) is 1. The van der Waals surface area contributed by atoms with Crippen LogP contribution in [0.3, 0.4) is 0 Å². The number of Topliss-reactive ketones (excluding diaryl/α,β-unsaturated/α-hetero) is 1. The largest absolute Gasteiger partial charge is 0.493 e. The third kappa shape index (κ3) is 4.97. The summed E-state index contributed by atoms with van der Waals surface area (Å²) in [5.74, 6) is 0.127. The number of hydrazone groups is 1. The monoisotopic (exact) mass is 414 g/mol. The van der Waals surface area contributed by atoms with Crippen LogP contribution in [0.4, 0.5) is 4.39 Å². The predicted molar refractivity (Wildman–Crippen MR) is 111 cm³/mol. The van der Waals surface area contributed by atoms with E-state index >= 15 is 0 Å².